The number of nitrogens with one attached hydrogen (secondary N) is 2. The summed E-state index contributed by atoms with van der Waals surface area (Å²) in [6.07, 6.45) is 6.31. The Morgan fingerprint density at radius 3 is 2.68 bits per heavy atom. The molecule has 5 nitrogen and oxygen atoms in total. The van der Waals surface area contributed by atoms with E-state index in [1.807, 2.05) is 6.07 Å². The summed E-state index contributed by atoms with van der Waals surface area (Å²) in [5.74, 6) is 1.55. The van der Waals surface area contributed by atoms with Crippen LogP contribution in [0.5, 0.6) is 0 Å². The molecule has 0 aliphatic heterocycles. The first-order valence-electron chi connectivity index (χ1n) is 6.50. The fourth-order valence-electron chi connectivity index (χ4n) is 1.67. The molecular weight excluding hydrogens is 238 g/mol. The minimum atomic E-state index is 0.651. The second-order valence-corrected chi connectivity index (χ2v) is 4.34. The molecule has 0 saturated carbocycles. The van der Waals surface area contributed by atoms with Gasteiger partial charge in [0.1, 0.15) is 11.6 Å². The van der Waals surface area contributed by atoms with Gasteiger partial charge in [-0.3, -0.25) is 9.97 Å². The minimum absolute atomic E-state index is 0.651. The number of hydrogen-bond donors (Lipinski definition) is 2. The van der Waals surface area contributed by atoms with Crippen LogP contribution >= 0.6 is 0 Å². The fourth-order valence-corrected chi connectivity index (χ4v) is 1.67. The van der Waals surface area contributed by atoms with Crippen molar-refractivity contribution in [1.82, 2.24) is 15.0 Å². The Morgan fingerprint density at radius 1 is 1.16 bits per heavy atom. The minimum Gasteiger partial charge on any atom is -0.369 e. The highest BCUT2D eigenvalue weighted by Gasteiger charge is 2.01. The average Bonchev–Trinajstić information content (AvgIpc) is 2.45. The smallest absolute Gasteiger partial charge is 0.147 e. The summed E-state index contributed by atoms with van der Waals surface area (Å²) in [5.41, 5.74) is 2.19. The Kier molecular flexibility index (Phi) is 4.66. The van der Waals surface area contributed by atoms with E-state index in [1.54, 1.807) is 18.6 Å². The normalized spacial score (nSPS) is 10.2. The molecule has 0 aliphatic carbocycles. The average molecular weight is 257 g/mol. The summed E-state index contributed by atoms with van der Waals surface area (Å²) in [7, 11) is 0. The van der Waals surface area contributed by atoms with Gasteiger partial charge in [-0.15, -0.1) is 0 Å². The van der Waals surface area contributed by atoms with E-state index >= 15 is 0 Å². The number of anilines is 2. The summed E-state index contributed by atoms with van der Waals surface area (Å²) < 4.78 is 0. The third-order valence-corrected chi connectivity index (χ3v) is 2.75. The predicted molar refractivity (Wildman–Crippen MR) is 77.1 cm³/mol. The molecule has 2 heterocycles. The van der Waals surface area contributed by atoms with Gasteiger partial charge in [0.2, 0.25) is 0 Å². The van der Waals surface area contributed by atoms with Crippen LogP contribution in [0, 0.1) is 6.92 Å². The first-order valence-corrected chi connectivity index (χ1v) is 6.50. The zero-order chi connectivity index (χ0) is 13.5. The van der Waals surface area contributed by atoms with Crippen molar-refractivity contribution in [3.05, 3.63) is 42.0 Å². The standard InChI is InChI=1S/C14H19N5/c1-3-6-17-13-9-15-10-14(19-13)18-8-12-11(2)5-4-7-16-12/h4-5,7,9-10H,3,6,8H2,1-2H3,(H2,17,18,19). The Labute approximate surface area is 113 Å². The van der Waals surface area contributed by atoms with Crippen LogP contribution in [0.1, 0.15) is 24.6 Å². The van der Waals surface area contributed by atoms with Gasteiger partial charge in [0.15, 0.2) is 0 Å². The van der Waals surface area contributed by atoms with Gasteiger partial charge in [-0.1, -0.05) is 13.0 Å². The van der Waals surface area contributed by atoms with Crippen LogP contribution < -0.4 is 10.6 Å². The van der Waals surface area contributed by atoms with Crippen molar-refractivity contribution < 1.29 is 0 Å². The number of aromatic nitrogens is 3. The van der Waals surface area contributed by atoms with Crippen LogP contribution in [0.25, 0.3) is 0 Å². The van der Waals surface area contributed by atoms with Crippen molar-refractivity contribution in [2.75, 3.05) is 17.2 Å². The first-order chi connectivity index (χ1) is 9.29. The second kappa shape index (κ2) is 6.68. The topological polar surface area (TPSA) is 62.7 Å². The quantitative estimate of drug-likeness (QED) is 0.833. The maximum Gasteiger partial charge on any atom is 0.147 e. The van der Waals surface area contributed by atoms with Crippen molar-refractivity contribution >= 4 is 11.6 Å². The van der Waals surface area contributed by atoms with E-state index in [2.05, 4.69) is 45.5 Å². The maximum absolute atomic E-state index is 4.44. The number of rotatable bonds is 6. The molecule has 0 radical (unpaired) electrons. The molecule has 0 unspecified atom stereocenters. The molecular formula is C14H19N5. The van der Waals surface area contributed by atoms with Crippen molar-refractivity contribution in [2.45, 2.75) is 26.8 Å². The summed E-state index contributed by atoms with van der Waals surface area (Å²) in [6, 6.07) is 3.99. The molecule has 0 spiro atoms. The molecule has 100 valence electrons. The van der Waals surface area contributed by atoms with Crippen LogP contribution in [0.15, 0.2) is 30.7 Å². The van der Waals surface area contributed by atoms with Crippen LogP contribution in [-0.4, -0.2) is 21.5 Å². The van der Waals surface area contributed by atoms with Gasteiger partial charge < -0.3 is 10.6 Å². The van der Waals surface area contributed by atoms with Gasteiger partial charge in [0, 0.05) is 12.7 Å². The number of pyridine rings is 1. The summed E-state index contributed by atoms with van der Waals surface area (Å²) >= 11 is 0. The molecule has 2 aromatic heterocycles. The molecule has 0 atom stereocenters. The van der Waals surface area contributed by atoms with Gasteiger partial charge in [0.25, 0.3) is 0 Å². The highest BCUT2D eigenvalue weighted by molar-refractivity contribution is 5.41. The van der Waals surface area contributed by atoms with E-state index in [0.29, 0.717) is 6.54 Å². The first kappa shape index (κ1) is 13.3. The predicted octanol–water partition coefficient (Wildman–Crippen LogP) is 2.61. The number of hydrogen-bond acceptors (Lipinski definition) is 5. The van der Waals surface area contributed by atoms with Crippen molar-refractivity contribution in [1.29, 1.82) is 0 Å². The van der Waals surface area contributed by atoms with Gasteiger partial charge in [-0.2, -0.15) is 0 Å². The summed E-state index contributed by atoms with van der Waals surface area (Å²) in [5, 5.41) is 6.46. The molecule has 0 fully saturated rings. The van der Waals surface area contributed by atoms with Crippen molar-refractivity contribution in [3.8, 4) is 0 Å². The Bertz CT molecular complexity index is 527. The van der Waals surface area contributed by atoms with Crippen LogP contribution in [0.4, 0.5) is 11.6 Å². The van der Waals surface area contributed by atoms with E-state index in [4.69, 9.17) is 0 Å². The third-order valence-electron chi connectivity index (χ3n) is 2.75. The summed E-state index contributed by atoms with van der Waals surface area (Å²) in [4.78, 5) is 12.9. The van der Waals surface area contributed by atoms with E-state index in [0.717, 1.165) is 30.3 Å². The monoisotopic (exact) mass is 257 g/mol. The van der Waals surface area contributed by atoms with E-state index in [9.17, 15) is 0 Å². The van der Waals surface area contributed by atoms with Gasteiger partial charge in [0.05, 0.1) is 24.6 Å². The van der Waals surface area contributed by atoms with E-state index in [1.165, 1.54) is 5.56 Å². The van der Waals surface area contributed by atoms with Gasteiger partial charge in [-0.05, 0) is 25.0 Å². The van der Waals surface area contributed by atoms with Crippen molar-refractivity contribution in [2.24, 2.45) is 0 Å². The molecule has 0 bridgehead atoms. The van der Waals surface area contributed by atoms with Gasteiger partial charge in [-0.25, -0.2) is 4.98 Å². The fraction of sp³-hybridized carbons (Fsp3) is 0.357. The van der Waals surface area contributed by atoms with Crippen molar-refractivity contribution in [3.63, 3.8) is 0 Å². The molecule has 0 aliphatic rings. The molecule has 0 saturated heterocycles. The van der Waals surface area contributed by atoms with Crippen LogP contribution in [-0.2, 0) is 6.54 Å². The molecule has 2 N–H and O–H groups in total. The van der Waals surface area contributed by atoms with Gasteiger partial charge >= 0.3 is 0 Å². The SMILES string of the molecule is CCCNc1cncc(NCc2ncccc2C)n1. The Hall–Kier alpha value is -2.17. The second-order valence-electron chi connectivity index (χ2n) is 4.34. The molecule has 0 amide bonds. The third kappa shape index (κ3) is 3.91. The highest BCUT2D eigenvalue weighted by atomic mass is 15.1. The lowest BCUT2D eigenvalue weighted by Crippen LogP contribution is -2.07. The lowest BCUT2D eigenvalue weighted by Gasteiger charge is -2.09. The summed E-state index contributed by atoms with van der Waals surface area (Å²) in [6.45, 7) is 5.72. The molecule has 5 heteroatoms. The van der Waals surface area contributed by atoms with E-state index in [-0.39, 0.29) is 0 Å². The lowest BCUT2D eigenvalue weighted by atomic mass is 10.2. The molecule has 19 heavy (non-hydrogen) atoms. The molecule has 2 rings (SSSR count). The van der Waals surface area contributed by atoms with Crippen LogP contribution in [0.3, 0.4) is 0 Å². The molecule has 0 aromatic carbocycles. The number of aryl methyl sites for hydroxylation is 1. The Balaban J connectivity index is 1.98. The highest BCUT2D eigenvalue weighted by Crippen LogP contribution is 2.09. The lowest BCUT2D eigenvalue weighted by molar-refractivity contribution is 0.958. The Morgan fingerprint density at radius 2 is 1.95 bits per heavy atom. The van der Waals surface area contributed by atoms with E-state index < -0.39 is 0 Å². The zero-order valence-corrected chi connectivity index (χ0v) is 11.3. The molecule has 2 aromatic rings. The maximum atomic E-state index is 4.44. The van der Waals surface area contributed by atoms with Crippen LogP contribution in [0.2, 0.25) is 0 Å². The number of nitrogens with zero attached hydrogens (tertiary/aromatic N) is 3. The zero-order valence-electron chi connectivity index (χ0n) is 11.3. The largest absolute Gasteiger partial charge is 0.369 e.